The minimum atomic E-state index is -0.681. The van der Waals surface area contributed by atoms with Gasteiger partial charge in [-0.05, 0) is 87.2 Å². The van der Waals surface area contributed by atoms with Crippen molar-refractivity contribution in [3.05, 3.63) is 35.3 Å². The highest BCUT2D eigenvalue weighted by Gasteiger charge is 2.69. The normalized spacial score (nSPS) is 52.4. The number of furan rings is 1. The van der Waals surface area contributed by atoms with E-state index in [0.717, 1.165) is 50.0 Å². The highest BCUT2D eigenvalue weighted by molar-refractivity contribution is 5.34. The summed E-state index contributed by atoms with van der Waals surface area (Å²) in [6.07, 6.45) is 7.72. The van der Waals surface area contributed by atoms with Gasteiger partial charge < -0.3 is 24.5 Å². The van der Waals surface area contributed by atoms with Crippen LogP contribution in [-0.2, 0) is 4.74 Å². The predicted molar refractivity (Wildman–Crippen MR) is 120 cm³/mol. The van der Waals surface area contributed by atoms with Gasteiger partial charge in [0.2, 0.25) is 0 Å². The molecule has 3 unspecified atom stereocenters. The Morgan fingerprint density at radius 2 is 1.78 bits per heavy atom. The lowest BCUT2D eigenvalue weighted by atomic mass is 9.44. The number of fused-ring (bicyclic) bond motifs is 6. The molecule has 5 heteroatoms. The summed E-state index contributed by atoms with van der Waals surface area (Å²) in [4.78, 5) is 0. The van der Waals surface area contributed by atoms with E-state index in [9.17, 15) is 15.3 Å². The summed E-state index contributed by atoms with van der Waals surface area (Å²) in [7, 11) is 0. The number of hydrogen-bond acceptors (Lipinski definition) is 5. The van der Waals surface area contributed by atoms with Crippen LogP contribution >= 0.6 is 0 Å². The van der Waals surface area contributed by atoms with Gasteiger partial charge in [-0.25, -0.2) is 0 Å². The van der Waals surface area contributed by atoms with Crippen molar-refractivity contribution in [3.63, 3.8) is 0 Å². The first-order valence-electron chi connectivity index (χ1n) is 12.7. The molecule has 10 atom stereocenters. The lowest BCUT2D eigenvalue weighted by Gasteiger charge is -2.62. The summed E-state index contributed by atoms with van der Waals surface area (Å²) in [5, 5.41) is 32.6. The van der Waals surface area contributed by atoms with Crippen LogP contribution in [0.3, 0.4) is 0 Å². The lowest BCUT2D eigenvalue weighted by Crippen LogP contribution is -2.61. The number of aliphatic hydroxyl groups excluding tert-OH is 3. The number of hydrogen-bond donors (Lipinski definition) is 3. The SMILES string of the molecule is Cc1ccc([C@@H]2C=C3C[C@@H](O)CC[C@]3(C)[C@@H]3[C@@H]2C2CCC4(CCC(O)O4)[C@@]2(C)C[C@H]3O)o1. The third-order valence-electron chi connectivity index (χ3n) is 10.6. The van der Waals surface area contributed by atoms with Crippen molar-refractivity contribution in [2.45, 2.75) is 102 Å². The fraction of sp³-hybridized carbons (Fsp3) is 0.778. The Morgan fingerprint density at radius 3 is 2.47 bits per heavy atom. The Kier molecular flexibility index (Phi) is 4.64. The van der Waals surface area contributed by atoms with Crippen molar-refractivity contribution in [1.29, 1.82) is 0 Å². The Bertz CT molecular complexity index is 936. The molecule has 1 saturated heterocycles. The van der Waals surface area contributed by atoms with Crippen LogP contribution in [0.1, 0.15) is 82.7 Å². The minimum absolute atomic E-state index is 0.0887. The molecule has 1 spiro atoms. The van der Waals surface area contributed by atoms with Crippen molar-refractivity contribution >= 4 is 0 Å². The standard InChI is InChI=1S/C27H38O5/c1-15-4-5-21(31-15)18-13-16-12-17(28)6-9-25(16,2)24-20(29)14-26(3)19(23(18)24)7-10-27(26)11-8-22(30)32-27/h4-5,13,17-20,22-24,28-30H,6-12,14H2,1-3H3/t17-,18-,19?,20+,22?,23-,24-,25-,26-,27?/m0/s1. The predicted octanol–water partition coefficient (Wildman–Crippen LogP) is 4.44. The Labute approximate surface area is 190 Å². The zero-order valence-electron chi connectivity index (χ0n) is 19.6. The maximum absolute atomic E-state index is 11.8. The fourth-order valence-corrected chi connectivity index (χ4v) is 9.10. The monoisotopic (exact) mass is 442 g/mol. The zero-order chi connectivity index (χ0) is 22.5. The molecule has 0 aromatic carbocycles. The molecule has 5 aliphatic rings. The lowest BCUT2D eigenvalue weighted by molar-refractivity contribution is -0.213. The van der Waals surface area contributed by atoms with Crippen LogP contribution in [0.25, 0.3) is 0 Å². The molecule has 0 amide bonds. The van der Waals surface area contributed by atoms with Gasteiger partial charge in [0.1, 0.15) is 11.5 Å². The fourth-order valence-electron chi connectivity index (χ4n) is 9.10. The molecule has 0 bridgehead atoms. The first-order chi connectivity index (χ1) is 15.2. The maximum Gasteiger partial charge on any atom is 0.155 e. The zero-order valence-corrected chi connectivity index (χ0v) is 19.6. The van der Waals surface area contributed by atoms with Gasteiger partial charge in [0, 0.05) is 17.8 Å². The van der Waals surface area contributed by atoms with Crippen LogP contribution in [0.2, 0.25) is 0 Å². The van der Waals surface area contributed by atoms with Crippen molar-refractivity contribution in [1.82, 2.24) is 0 Å². The van der Waals surface area contributed by atoms with E-state index in [-0.39, 0.29) is 40.3 Å². The first kappa shape index (κ1) is 21.4. The maximum atomic E-state index is 11.8. The topological polar surface area (TPSA) is 83.1 Å². The highest BCUT2D eigenvalue weighted by Crippen LogP contribution is 2.71. The van der Waals surface area contributed by atoms with Gasteiger partial charge in [-0.3, -0.25) is 0 Å². The van der Waals surface area contributed by atoms with Gasteiger partial charge in [0.15, 0.2) is 6.29 Å². The van der Waals surface area contributed by atoms with Gasteiger partial charge >= 0.3 is 0 Å². The molecule has 4 aliphatic carbocycles. The van der Waals surface area contributed by atoms with E-state index >= 15 is 0 Å². The second kappa shape index (κ2) is 6.94. The number of aliphatic hydroxyl groups is 3. The van der Waals surface area contributed by atoms with E-state index < -0.39 is 12.4 Å². The third-order valence-corrected chi connectivity index (χ3v) is 10.6. The molecular formula is C27H38O5. The average molecular weight is 443 g/mol. The molecule has 5 nitrogen and oxygen atoms in total. The van der Waals surface area contributed by atoms with E-state index in [1.807, 2.05) is 13.0 Å². The van der Waals surface area contributed by atoms with E-state index in [2.05, 4.69) is 26.0 Å². The second-order valence-electron chi connectivity index (χ2n) is 12.0. The molecular weight excluding hydrogens is 404 g/mol. The van der Waals surface area contributed by atoms with Crippen molar-refractivity contribution in [3.8, 4) is 0 Å². The average Bonchev–Trinajstić information content (AvgIpc) is 3.40. The van der Waals surface area contributed by atoms with Gasteiger partial charge in [0.25, 0.3) is 0 Å². The van der Waals surface area contributed by atoms with Crippen LogP contribution in [0, 0.1) is 35.5 Å². The summed E-state index contributed by atoms with van der Waals surface area (Å²) < 4.78 is 12.5. The quantitative estimate of drug-likeness (QED) is 0.560. The highest BCUT2D eigenvalue weighted by atomic mass is 16.6. The Balaban J connectivity index is 1.49. The van der Waals surface area contributed by atoms with E-state index in [1.165, 1.54) is 5.57 Å². The van der Waals surface area contributed by atoms with Crippen LogP contribution in [0.4, 0.5) is 0 Å². The van der Waals surface area contributed by atoms with Crippen molar-refractivity contribution in [2.75, 3.05) is 0 Å². The Morgan fingerprint density at radius 1 is 1.00 bits per heavy atom. The first-order valence-corrected chi connectivity index (χ1v) is 12.7. The van der Waals surface area contributed by atoms with Gasteiger partial charge in [0.05, 0.1) is 17.8 Å². The van der Waals surface area contributed by atoms with Crippen LogP contribution in [0.5, 0.6) is 0 Å². The van der Waals surface area contributed by atoms with E-state index in [0.29, 0.717) is 18.8 Å². The molecule has 176 valence electrons. The second-order valence-corrected chi connectivity index (χ2v) is 12.0. The van der Waals surface area contributed by atoms with Gasteiger partial charge in [-0.15, -0.1) is 0 Å². The molecule has 6 rings (SSSR count). The van der Waals surface area contributed by atoms with Crippen LogP contribution in [-0.4, -0.2) is 39.4 Å². The smallest absolute Gasteiger partial charge is 0.155 e. The van der Waals surface area contributed by atoms with Crippen LogP contribution < -0.4 is 0 Å². The number of aryl methyl sites for hydroxylation is 1. The summed E-state index contributed by atoms with van der Waals surface area (Å²) in [6, 6.07) is 4.15. The van der Waals surface area contributed by atoms with Gasteiger partial charge in [-0.2, -0.15) is 0 Å². The molecule has 32 heavy (non-hydrogen) atoms. The molecule has 1 aromatic rings. The summed E-state index contributed by atoms with van der Waals surface area (Å²) in [5.74, 6) is 2.80. The molecule has 3 N–H and O–H groups in total. The summed E-state index contributed by atoms with van der Waals surface area (Å²) in [5.41, 5.74) is 0.717. The molecule has 0 radical (unpaired) electrons. The molecule has 1 aliphatic heterocycles. The largest absolute Gasteiger partial charge is 0.466 e. The molecule has 3 saturated carbocycles. The Hall–Kier alpha value is -1.14. The minimum Gasteiger partial charge on any atom is -0.466 e. The molecule has 4 fully saturated rings. The van der Waals surface area contributed by atoms with Crippen molar-refractivity contribution < 1.29 is 24.5 Å². The number of ether oxygens (including phenoxy) is 1. The molecule has 2 heterocycles. The number of rotatable bonds is 1. The molecule has 1 aromatic heterocycles. The number of allylic oxidation sites excluding steroid dienone is 1. The third kappa shape index (κ3) is 2.71. The van der Waals surface area contributed by atoms with Crippen molar-refractivity contribution in [2.24, 2.45) is 28.6 Å². The van der Waals surface area contributed by atoms with Crippen LogP contribution in [0.15, 0.2) is 28.2 Å². The van der Waals surface area contributed by atoms with E-state index in [4.69, 9.17) is 9.15 Å². The van der Waals surface area contributed by atoms with E-state index in [1.54, 1.807) is 0 Å². The van der Waals surface area contributed by atoms with Gasteiger partial charge in [-0.1, -0.05) is 25.5 Å². The summed E-state index contributed by atoms with van der Waals surface area (Å²) >= 11 is 0. The summed E-state index contributed by atoms with van der Waals surface area (Å²) in [6.45, 7) is 6.64.